The van der Waals surface area contributed by atoms with Crippen molar-refractivity contribution in [2.24, 2.45) is 5.11 Å². The summed E-state index contributed by atoms with van der Waals surface area (Å²) in [5, 5.41) is 14.4. The van der Waals surface area contributed by atoms with Gasteiger partial charge in [-0.25, -0.2) is 0 Å². The summed E-state index contributed by atoms with van der Waals surface area (Å²) in [7, 11) is 0. The van der Waals surface area contributed by atoms with Gasteiger partial charge in [-0.1, -0.05) is 35.4 Å². The van der Waals surface area contributed by atoms with Crippen molar-refractivity contribution in [3.63, 3.8) is 0 Å². The largest absolute Gasteiger partial charge is 0.387 e. The number of aliphatic hydroxyl groups is 1. The number of hydrogen-bond acceptors (Lipinski definition) is 7. The van der Waals surface area contributed by atoms with Gasteiger partial charge in [-0.3, -0.25) is 4.79 Å². The van der Waals surface area contributed by atoms with Gasteiger partial charge in [0.2, 0.25) is 0 Å². The molecule has 9 heteroatoms. The summed E-state index contributed by atoms with van der Waals surface area (Å²) >= 11 is 0. The van der Waals surface area contributed by atoms with Crippen LogP contribution in [0.1, 0.15) is 25.7 Å². The Morgan fingerprint density at radius 2 is 2.08 bits per heavy atom. The summed E-state index contributed by atoms with van der Waals surface area (Å²) in [4.78, 5) is 15.0. The molecule has 5 atom stereocenters. The van der Waals surface area contributed by atoms with Gasteiger partial charge in [-0.15, -0.1) is 0 Å². The van der Waals surface area contributed by atoms with Gasteiger partial charge in [-0.05, 0) is 19.4 Å². The molecule has 9 nitrogen and oxygen atoms in total. The summed E-state index contributed by atoms with van der Waals surface area (Å²) in [5.41, 5.74) is 9.55. The molecule has 1 unspecified atom stereocenters. The Labute approximate surface area is 150 Å². The first-order valence-electron chi connectivity index (χ1n) is 8.30. The summed E-state index contributed by atoms with van der Waals surface area (Å²) in [5.74, 6) is -1.42. The molecule has 1 N–H and O–H groups in total. The molecule has 0 aliphatic carbocycles. The summed E-state index contributed by atoms with van der Waals surface area (Å²) < 4.78 is 22.3. The molecule has 2 aliphatic rings. The number of ether oxygens (including phenoxy) is 4. The molecule has 0 aromatic heterocycles. The number of Topliss-reactive ketones (excluding diaryl/α,β-unsaturated/α-hetero) is 1. The minimum Gasteiger partial charge on any atom is -0.387 e. The molecule has 3 rings (SSSR count). The van der Waals surface area contributed by atoms with Crippen molar-refractivity contribution >= 4 is 5.78 Å². The minimum atomic E-state index is -1.34. The van der Waals surface area contributed by atoms with E-state index in [1.807, 2.05) is 30.3 Å². The maximum atomic E-state index is 12.2. The first-order valence-corrected chi connectivity index (χ1v) is 8.30. The van der Waals surface area contributed by atoms with Gasteiger partial charge in [0, 0.05) is 10.5 Å². The molecule has 1 aromatic carbocycles. The predicted octanol–water partition coefficient (Wildman–Crippen LogP) is 1.86. The average molecular weight is 363 g/mol. The van der Waals surface area contributed by atoms with Gasteiger partial charge >= 0.3 is 0 Å². The predicted molar refractivity (Wildman–Crippen MR) is 88.9 cm³/mol. The van der Waals surface area contributed by atoms with Crippen molar-refractivity contribution in [3.05, 3.63) is 46.3 Å². The van der Waals surface area contributed by atoms with E-state index in [1.54, 1.807) is 13.8 Å². The number of carbonyl (C=O) groups excluding carboxylic acids is 1. The molecular weight excluding hydrogens is 342 g/mol. The molecular formula is C17H21N3O6. The molecule has 2 heterocycles. The summed E-state index contributed by atoms with van der Waals surface area (Å²) in [6, 6.07) is 8.37. The zero-order valence-corrected chi connectivity index (χ0v) is 14.5. The Bertz CT molecular complexity index is 691. The van der Waals surface area contributed by atoms with E-state index >= 15 is 0 Å². The second kappa shape index (κ2) is 7.71. The number of rotatable bonds is 4. The fraction of sp³-hybridized carbons (Fsp3) is 0.588. The lowest BCUT2D eigenvalue weighted by Crippen LogP contribution is -2.58. The lowest BCUT2D eigenvalue weighted by molar-refractivity contribution is -0.296. The van der Waals surface area contributed by atoms with Crippen molar-refractivity contribution in [1.29, 1.82) is 0 Å². The van der Waals surface area contributed by atoms with E-state index < -0.39 is 42.2 Å². The Kier molecular flexibility index (Phi) is 5.57. The van der Waals surface area contributed by atoms with E-state index in [9.17, 15) is 9.90 Å². The maximum absolute atomic E-state index is 12.2. The Morgan fingerprint density at radius 3 is 2.77 bits per heavy atom. The monoisotopic (exact) mass is 363 g/mol. The molecule has 140 valence electrons. The van der Waals surface area contributed by atoms with Crippen LogP contribution in [0.15, 0.2) is 35.4 Å². The molecule has 0 amide bonds. The summed E-state index contributed by atoms with van der Waals surface area (Å²) in [6.45, 7) is 3.18. The van der Waals surface area contributed by atoms with Gasteiger partial charge < -0.3 is 24.1 Å². The van der Waals surface area contributed by atoms with Gasteiger partial charge in [0.1, 0.15) is 24.9 Å². The van der Waals surface area contributed by atoms with Crippen LogP contribution < -0.4 is 0 Å². The number of aliphatic hydroxyl groups excluding tert-OH is 1. The Hall–Kier alpha value is -2.00. The van der Waals surface area contributed by atoms with Gasteiger partial charge in [0.15, 0.2) is 17.9 Å². The Balaban J connectivity index is 1.82. The highest BCUT2D eigenvalue weighted by molar-refractivity contribution is 5.85. The normalized spacial score (nSPS) is 32.5. The quantitative estimate of drug-likeness (QED) is 0.495. The lowest BCUT2D eigenvalue weighted by Gasteiger charge is -2.42. The van der Waals surface area contributed by atoms with Crippen LogP contribution in [0.5, 0.6) is 0 Å². The average Bonchev–Trinajstić information content (AvgIpc) is 2.64. The number of nitrogens with zero attached hydrogens (tertiary/aromatic N) is 3. The fourth-order valence-corrected chi connectivity index (χ4v) is 2.98. The van der Waals surface area contributed by atoms with Crippen LogP contribution in [0.3, 0.4) is 0 Å². The molecule has 0 radical (unpaired) electrons. The van der Waals surface area contributed by atoms with E-state index in [0.29, 0.717) is 0 Å². The van der Waals surface area contributed by atoms with E-state index in [0.717, 1.165) is 5.56 Å². The number of azide groups is 1. The number of benzene rings is 1. The third-order valence-corrected chi connectivity index (χ3v) is 4.29. The molecule has 26 heavy (non-hydrogen) atoms. The van der Waals surface area contributed by atoms with Crippen molar-refractivity contribution < 1.29 is 28.8 Å². The third-order valence-electron chi connectivity index (χ3n) is 4.29. The first kappa shape index (κ1) is 18.8. The topological polar surface area (TPSA) is 123 Å². The van der Waals surface area contributed by atoms with Crippen molar-refractivity contribution in [2.45, 2.75) is 50.3 Å². The highest BCUT2D eigenvalue weighted by Crippen LogP contribution is 2.32. The highest BCUT2D eigenvalue weighted by Gasteiger charge is 2.46. The number of hydrogen-bond donors (Lipinski definition) is 1. The first-order chi connectivity index (χ1) is 12.4. The smallest absolute Gasteiger partial charge is 0.190 e. The fourth-order valence-electron chi connectivity index (χ4n) is 2.98. The third kappa shape index (κ3) is 4.04. The second-order valence-corrected chi connectivity index (χ2v) is 6.63. The standard InChI is InChI=1S/C17H21N3O6/c1-17(2)24-9-12(21)15(26-17)13(22)14-11(19-20-18)8-23-16(25-14)10-6-4-3-5-7-10/h3-7,11,13-16,22H,8-9H2,1-2H3/t11-,13+,14-,15-,16?/m1/s1. The lowest BCUT2D eigenvalue weighted by atomic mass is 9.97. The van der Waals surface area contributed by atoms with Gasteiger partial charge in [0.25, 0.3) is 0 Å². The van der Waals surface area contributed by atoms with Crippen LogP contribution in [0.2, 0.25) is 0 Å². The molecule has 2 saturated heterocycles. The molecule has 0 spiro atoms. The number of carbonyl (C=O) groups is 1. The SMILES string of the molecule is CC1(C)OCC(=O)[C@H]([C@@H](O)[C@@H]2OC(c3ccccc3)OC[C@H]2N=[N+]=[N-])O1. The molecule has 0 bridgehead atoms. The van der Waals surface area contributed by atoms with E-state index in [-0.39, 0.29) is 13.2 Å². The van der Waals surface area contributed by atoms with Crippen molar-refractivity contribution in [2.75, 3.05) is 13.2 Å². The van der Waals surface area contributed by atoms with E-state index in [4.69, 9.17) is 24.5 Å². The number of ketones is 1. The highest BCUT2D eigenvalue weighted by atomic mass is 16.7. The van der Waals surface area contributed by atoms with Gasteiger partial charge in [0.05, 0.1) is 12.6 Å². The van der Waals surface area contributed by atoms with E-state index in [2.05, 4.69) is 10.0 Å². The van der Waals surface area contributed by atoms with Crippen molar-refractivity contribution in [1.82, 2.24) is 0 Å². The van der Waals surface area contributed by atoms with E-state index in [1.165, 1.54) is 0 Å². The van der Waals surface area contributed by atoms with Gasteiger partial charge in [-0.2, -0.15) is 0 Å². The van der Waals surface area contributed by atoms with Crippen LogP contribution >= 0.6 is 0 Å². The van der Waals surface area contributed by atoms with Crippen LogP contribution in [0.25, 0.3) is 10.4 Å². The van der Waals surface area contributed by atoms with Crippen LogP contribution in [-0.4, -0.2) is 54.2 Å². The van der Waals surface area contributed by atoms with Crippen molar-refractivity contribution in [3.8, 4) is 0 Å². The van der Waals surface area contributed by atoms with Crippen LogP contribution in [0.4, 0.5) is 0 Å². The molecule has 1 aromatic rings. The van der Waals surface area contributed by atoms with Crippen LogP contribution in [0, 0.1) is 0 Å². The maximum Gasteiger partial charge on any atom is 0.190 e. The molecule has 2 aliphatic heterocycles. The summed E-state index contributed by atoms with van der Waals surface area (Å²) in [6.07, 6.45) is -4.19. The zero-order valence-electron chi connectivity index (χ0n) is 14.5. The molecule has 2 fully saturated rings. The zero-order chi connectivity index (χ0) is 18.7. The molecule has 0 saturated carbocycles. The Morgan fingerprint density at radius 1 is 1.35 bits per heavy atom. The van der Waals surface area contributed by atoms with Crippen LogP contribution in [-0.2, 0) is 23.7 Å². The minimum absolute atomic E-state index is 0.0478. The second-order valence-electron chi connectivity index (χ2n) is 6.63.